The Morgan fingerprint density at radius 1 is 1.27 bits per heavy atom. The highest BCUT2D eigenvalue weighted by molar-refractivity contribution is 6.30. The number of amides is 1. The zero-order valence-corrected chi connectivity index (χ0v) is 18.6. The Morgan fingerprint density at radius 3 is 2.63 bits per heavy atom. The Hall–Kier alpha value is -1.38. The summed E-state index contributed by atoms with van der Waals surface area (Å²) in [5, 5.41) is 1.91. The number of hydrogen-bond acceptors (Lipinski definition) is 6. The van der Waals surface area contributed by atoms with Crippen molar-refractivity contribution in [3.05, 3.63) is 28.8 Å². The third-order valence-corrected chi connectivity index (χ3v) is 5.90. The Kier molecular flexibility index (Phi) is 9.21. The SMILES string of the molecule is CCCCOc1cc(Cl)ccc1C(=O)N(N)C1CCN(CC2OCCCCO2)CC1. The Labute approximate surface area is 184 Å². The Balaban J connectivity index is 1.54. The number of ether oxygens (including phenoxy) is 3. The van der Waals surface area contributed by atoms with Crippen molar-refractivity contribution in [3.63, 3.8) is 0 Å². The van der Waals surface area contributed by atoms with Gasteiger partial charge in [-0.1, -0.05) is 24.9 Å². The number of carbonyl (C=O) groups is 1. The number of rotatable bonds is 8. The standard InChI is InChI=1S/C22H34ClN3O4/c1-2-3-12-28-20-15-17(23)6-7-19(20)22(27)26(24)18-8-10-25(11-9-18)16-21-29-13-4-5-14-30-21/h6-7,15,18,21H,2-5,8-14,16,24H2,1H3. The zero-order chi connectivity index (χ0) is 21.3. The molecular weight excluding hydrogens is 406 g/mol. The van der Waals surface area contributed by atoms with E-state index in [1.807, 2.05) is 0 Å². The van der Waals surface area contributed by atoms with E-state index in [2.05, 4.69) is 11.8 Å². The van der Waals surface area contributed by atoms with Crippen LogP contribution in [0.25, 0.3) is 0 Å². The number of hydrogen-bond donors (Lipinski definition) is 1. The summed E-state index contributed by atoms with van der Waals surface area (Å²) in [7, 11) is 0. The number of likely N-dealkylation sites (tertiary alicyclic amines) is 1. The van der Waals surface area contributed by atoms with Gasteiger partial charge in [0.1, 0.15) is 5.75 Å². The zero-order valence-electron chi connectivity index (χ0n) is 17.9. The molecule has 0 unspecified atom stereocenters. The van der Waals surface area contributed by atoms with E-state index in [-0.39, 0.29) is 18.2 Å². The maximum absolute atomic E-state index is 13.1. The van der Waals surface area contributed by atoms with Crippen molar-refractivity contribution in [1.29, 1.82) is 0 Å². The summed E-state index contributed by atoms with van der Waals surface area (Å²) in [6, 6.07) is 5.07. The molecule has 0 atom stereocenters. The number of carbonyl (C=O) groups excluding carboxylic acids is 1. The summed E-state index contributed by atoms with van der Waals surface area (Å²) in [6.45, 7) is 6.63. The van der Waals surface area contributed by atoms with Crippen LogP contribution in [-0.4, -0.2) is 67.6 Å². The van der Waals surface area contributed by atoms with Crippen LogP contribution in [0.15, 0.2) is 18.2 Å². The van der Waals surface area contributed by atoms with E-state index in [0.717, 1.165) is 71.4 Å². The quantitative estimate of drug-likeness (QED) is 0.289. The second kappa shape index (κ2) is 11.9. The van der Waals surface area contributed by atoms with Gasteiger partial charge in [0.05, 0.1) is 18.2 Å². The summed E-state index contributed by atoms with van der Waals surface area (Å²) < 4.78 is 17.3. The molecule has 3 rings (SSSR count). The van der Waals surface area contributed by atoms with E-state index in [1.54, 1.807) is 18.2 Å². The first-order valence-corrected chi connectivity index (χ1v) is 11.4. The molecule has 2 aliphatic rings. The van der Waals surface area contributed by atoms with E-state index in [4.69, 9.17) is 31.7 Å². The molecule has 2 fully saturated rings. The van der Waals surface area contributed by atoms with Crippen LogP contribution >= 0.6 is 11.6 Å². The van der Waals surface area contributed by atoms with Crippen molar-refractivity contribution in [2.24, 2.45) is 5.84 Å². The largest absolute Gasteiger partial charge is 0.493 e. The fourth-order valence-corrected chi connectivity index (χ4v) is 3.96. The van der Waals surface area contributed by atoms with Crippen molar-refractivity contribution >= 4 is 17.5 Å². The number of nitrogens with zero attached hydrogens (tertiary/aromatic N) is 2. The van der Waals surface area contributed by atoms with Crippen molar-refractivity contribution in [3.8, 4) is 5.75 Å². The Bertz CT molecular complexity index is 674. The van der Waals surface area contributed by atoms with Crippen LogP contribution in [0.2, 0.25) is 5.02 Å². The highest BCUT2D eigenvalue weighted by atomic mass is 35.5. The maximum Gasteiger partial charge on any atom is 0.271 e. The van der Waals surface area contributed by atoms with E-state index < -0.39 is 0 Å². The number of piperidine rings is 1. The first-order chi connectivity index (χ1) is 14.6. The van der Waals surface area contributed by atoms with Gasteiger partial charge < -0.3 is 14.2 Å². The molecule has 168 valence electrons. The first-order valence-electron chi connectivity index (χ1n) is 11.0. The molecule has 1 aromatic rings. The van der Waals surface area contributed by atoms with E-state index in [0.29, 0.717) is 22.9 Å². The van der Waals surface area contributed by atoms with E-state index >= 15 is 0 Å². The van der Waals surface area contributed by atoms with Crippen LogP contribution in [0.1, 0.15) is 55.8 Å². The topological polar surface area (TPSA) is 77.3 Å². The van der Waals surface area contributed by atoms with Crippen LogP contribution in [0.3, 0.4) is 0 Å². The minimum absolute atomic E-state index is 0.0103. The molecule has 1 aromatic carbocycles. The molecule has 0 spiro atoms. The molecular formula is C22H34ClN3O4. The lowest BCUT2D eigenvalue weighted by atomic mass is 10.0. The molecule has 0 saturated carbocycles. The molecule has 2 heterocycles. The van der Waals surface area contributed by atoms with Gasteiger partial charge in [0.2, 0.25) is 0 Å². The lowest BCUT2D eigenvalue weighted by molar-refractivity contribution is -0.140. The number of benzene rings is 1. The number of nitrogens with two attached hydrogens (primary N) is 1. The fraction of sp³-hybridized carbons (Fsp3) is 0.682. The highest BCUT2D eigenvalue weighted by Gasteiger charge is 2.29. The monoisotopic (exact) mass is 439 g/mol. The first kappa shape index (κ1) is 23.3. The lowest BCUT2D eigenvalue weighted by Crippen LogP contribution is -2.52. The van der Waals surface area contributed by atoms with Gasteiger partial charge in [-0.05, 0) is 50.3 Å². The average molecular weight is 440 g/mol. The summed E-state index contributed by atoms with van der Waals surface area (Å²) in [4.78, 5) is 15.4. The van der Waals surface area contributed by atoms with Gasteiger partial charge in [0.25, 0.3) is 5.91 Å². The Morgan fingerprint density at radius 2 is 1.97 bits per heavy atom. The molecule has 0 bridgehead atoms. The molecule has 8 heteroatoms. The molecule has 0 aromatic heterocycles. The number of hydrazine groups is 1. The minimum Gasteiger partial charge on any atom is -0.493 e. The molecule has 1 amide bonds. The van der Waals surface area contributed by atoms with Crippen LogP contribution < -0.4 is 10.6 Å². The molecule has 2 N–H and O–H groups in total. The second-order valence-electron chi connectivity index (χ2n) is 7.96. The van der Waals surface area contributed by atoms with Crippen LogP contribution in [-0.2, 0) is 9.47 Å². The fourth-order valence-electron chi connectivity index (χ4n) is 3.80. The van der Waals surface area contributed by atoms with Crippen LogP contribution in [0.4, 0.5) is 0 Å². The van der Waals surface area contributed by atoms with Gasteiger partial charge >= 0.3 is 0 Å². The van der Waals surface area contributed by atoms with Crippen molar-refractivity contribution < 1.29 is 19.0 Å². The average Bonchev–Trinajstić information content (AvgIpc) is 3.02. The van der Waals surface area contributed by atoms with Gasteiger partial charge in [-0.3, -0.25) is 14.7 Å². The smallest absolute Gasteiger partial charge is 0.271 e. The normalized spacial score (nSPS) is 19.4. The van der Waals surface area contributed by atoms with Gasteiger partial charge in [0, 0.05) is 37.9 Å². The second-order valence-corrected chi connectivity index (χ2v) is 8.40. The molecule has 2 saturated heterocycles. The third-order valence-electron chi connectivity index (χ3n) is 5.67. The van der Waals surface area contributed by atoms with E-state index in [1.165, 1.54) is 5.01 Å². The predicted molar refractivity (Wildman–Crippen MR) is 117 cm³/mol. The van der Waals surface area contributed by atoms with Gasteiger partial charge in [-0.15, -0.1) is 0 Å². The van der Waals surface area contributed by atoms with Gasteiger partial charge in [-0.2, -0.15) is 0 Å². The van der Waals surface area contributed by atoms with Gasteiger partial charge in [-0.25, -0.2) is 5.84 Å². The molecule has 7 nitrogen and oxygen atoms in total. The summed E-state index contributed by atoms with van der Waals surface area (Å²) in [6.07, 6.45) is 5.51. The van der Waals surface area contributed by atoms with Crippen LogP contribution in [0.5, 0.6) is 5.75 Å². The van der Waals surface area contributed by atoms with Crippen LogP contribution in [0, 0.1) is 0 Å². The molecule has 30 heavy (non-hydrogen) atoms. The molecule has 0 radical (unpaired) electrons. The van der Waals surface area contributed by atoms with Crippen molar-refractivity contribution in [1.82, 2.24) is 9.91 Å². The van der Waals surface area contributed by atoms with Crippen molar-refractivity contribution in [2.45, 2.75) is 57.8 Å². The number of halogens is 1. The molecule has 2 aliphatic heterocycles. The third kappa shape index (κ3) is 6.56. The van der Waals surface area contributed by atoms with Crippen molar-refractivity contribution in [2.75, 3.05) is 39.5 Å². The summed E-state index contributed by atoms with van der Waals surface area (Å²) in [5.74, 6) is 6.53. The number of unbranched alkanes of at least 4 members (excludes halogenated alkanes) is 1. The summed E-state index contributed by atoms with van der Waals surface area (Å²) in [5.41, 5.74) is 0.459. The van der Waals surface area contributed by atoms with E-state index in [9.17, 15) is 4.79 Å². The minimum atomic E-state index is -0.230. The lowest BCUT2D eigenvalue weighted by Gasteiger charge is -2.37. The molecule has 0 aliphatic carbocycles. The predicted octanol–water partition coefficient (Wildman–Crippen LogP) is 3.45. The highest BCUT2D eigenvalue weighted by Crippen LogP contribution is 2.26. The van der Waals surface area contributed by atoms with Gasteiger partial charge in [0.15, 0.2) is 6.29 Å². The summed E-state index contributed by atoms with van der Waals surface area (Å²) >= 11 is 6.11. The maximum atomic E-state index is 13.1.